The highest BCUT2D eigenvalue weighted by Gasteiger charge is 2.11. The van der Waals surface area contributed by atoms with Crippen molar-refractivity contribution in [3.05, 3.63) is 51.2 Å². The van der Waals surface area contributed by atoms with E-state index >= 15 is 0 Å². The molecule has 5 heteroatoms. The maximum atomic E-state index is 10.9. The summed E-state index contributed by atoms with van der Waals surface area (Å²) in [5.41, 5.74) is 1.03. The highest BCUT2D eigenvalue weighted by molar-refractivity contribution is 7.09. The zero-order valence-corrected chi connectivity index (χ0v) is 11.3. The van der Waals surface area contributed by atoms with Gasteiger partial charge in [-0.15, -0.1) is 11.3 Å². The number of benzene rings is 1. The SMILES string of the molecule is CN(Cc1cccs1)c1ccc(C(=O)O)c(Cl)c1. The molecule has 0 spiro atoms. The first kappa shape index (κ1) is 12.9. The Morgan fingerprint density at radius 1 is 1.44 bits per heavy atom. The van der Waals surface area contributed by atoms with E-state index in [9.17, 15) is 4.79 Å². The second-order valence-electron chi connectivity index (χ2n) is 3.90. The molecule has 0 bridgehead atoms. The average Bonchev–Trinajstić information content (AvgIpc) is 2.81. The summed E-state index contributed by atoms with van der Waals surface area (Å²) in [6, 6.07) is 9.05. The molecule has 2 aromatic rings. The summed E-state index contributed by atoms with van der Waals surface area (Å²) < 4.78 is 0. The fourth-order valence-electron chi connectivity index (χ4n) is 1.64. The summed E-state index contributed by atoms with van der Waals surface area (Å²) in [5, 5.41) is 11.2. The monoisotopic (exact) mass is 281 g/mol. The number of thiophene rings is 1. The molecule has 3 nitrogen and oxygen atoms in total. The van der Waals surface area contributed by atoms with Crippen LogP contribution in [-0.2, 0) is 6.54 Å². The fraction of sp³-hybridized carbons (Fsp3) is 0.154. The van der Waals surface area contributed by atoms with Crippen LogP contribution in [0.5, 0.6) is 0 Å². The highest BCUT2D eigenvalue weighted by atomic mass is 35.5. The number of carbonyl (C=O) groups is 1. The van der Waals surface area contributed by atoms with E-state index in [4.69, 9.17) is 16.7 Å². The van der Waals surface area contributed by atoms with Crippen LogP contribution in [0.2, 0.25) is 5.02 Å². The molecule has 0 aliphatic heterocycles. The Hall–Kier alpha value is -1.52. The molecule has 0 aliphatic rings. The van der Waals surface area contributed by atoms with Gasteiger partial charge in [-0.1, -0.05) is 17.7 Å². The lowest BCUT2D eigenvalue weighted by atomic mass is 10.2. The predicted molar refractivity (Wildman–Crippen MR) is 74.8 cm³/mol. The lowest BCUT2D eigenvalue weighted by Crippen LogP contribution is -2.15. The normalized spacial score (nSPS) is 10.3. The molecule has 0 atom stereocenters. The molecule has 1 aromatic heterocycles. The number of nitrogens with zero attached hydrogens (tertiary/aromatic N) is 1. The molecule has 94 valence electrons. The van der Waals surface area contributed by atoms with Crippen LogP contribution in [-0.4, -0.2) is 18.1 Å². The maximum absolute atomic E-state index is 10.9. The molecule has 0 unspecified atom stereocenters. The summed E-state index contributed by atoms with van der Waals surface area (Å²) in [6.45, 7) is 0.778. The smallest absolute Gasteiger partial charge is 0.337 e. The molecule has 1 N–H and O–H groups in total. The molecule has 1 heterocycles. The third kappa shape index (κ3) is 2.83. The van der Waals surface area contributed by atoms with Crippen molar-refractivity contribution >= 4 is 34.6 Å². The van der Waals surface area contributed by atoms with Crippen molar-refractivity contribution in [3.63, 3.8) is 0 Å². The molecular weight excluding hydrogens is 270 g/mol. The number of halogens is 1. The Balaban J connectivity index is 2.18. The van der Waals surface area contributed by atoms with Crippen LogP contribution >= 0.6 is 22.9 Å². The van der Waals surface area contributed by atoms with Crippen LogP contribution < -0.4 is 4.90 Å². The minimum atomic E-state index is -1.01. The Bertz CT molecular complexity index is 554. The van der Waals surface area contributed by atoms with Gasteiger partial charge in [0.05, 0.1) is 17.1 Å². The number of aromatic carboxylic acids is 1. The lowest BCUT2D eigenvalue weighted by Gasteiger charge is -2.19. The summed E-state index contributed by atoms with van der Waals surface area (Å²) in [4.78, 5) is 14.1. The van der Waals surface area contributed by atoms with Gasteiger partial charge in [0.2, 0.25) is 0 Å². The molecule has 2 rings (SSSR count). The van der Waals surface area contributed by atoms with Gasteiger partial charge in [0.25, 0.3) is 0 Å². The van der Waals surface area contributed by atoms with Crippen LogP contribution in [0.25, 0.3) is 0 Å². The zero-order valence-electron chi connectivity index (χ0n) is 9.76. The van der Waals surface area contributed by atoms with Crippen LogP contribution in [0.1, 0.15) is 15.2 Å². The number of hydrogen-bond acceptors (Lipinski definition) is 3. The van der Waals surface area contributed by atoms with E-state index in [1.165, 1.54) is 10.9 Å². The second-order valence-corrected chi connectivity index (χ2v) is 5.34. The van der Waals surface area contributed by atoms with Crippen molar-refractivity contribution in [2.45, 2.75) is 6.54 Å². The van der Waals surface area contributed by atoms with Crippen molar-refractivity contribution in [2.24, 2.45) is 0 Å². The molecular formula is C13H12ClNO2S. The number of carboxylic acids is 1. The Labute approximate surface area is 114 Å². The van der Waals surface area contributed by atoms with Gasteiger partial charge in [-0.3, -0.25) is 0 Å². The number of hydrogen-bond donors (Lipinski definition) is 1. The number of rotatable bonds is 4. The van der Waals surface area contributed by atoms with Crippen LogP contribution in [0.4, 0.5) is 5.69 Å². The highest BCUT2D eigenvalue weighted by Crippen LogP contribution is 2.24. The third-order valence-electron chi connectivity index (χ3n) is 2.60. The molecule has 1 aromatic carbocycles. The van der Waals surface area contributed by atoms with E-state index in [1.54, 1.807) is 23.5 Å². The Kier molecular flexibility index (Phi) is 3.89. The van der Waals surface area contributed by atoms with Gasteiger partial charge in [0, 0.05) is 17.6 Å². The maximum Gasteiger partial charge on any atom is 0.337 e. The van der Waals surface area contributed by atoms with E-state index < -0.39 is 5.97 Å². The van der Waals surface area contributed by atoms with Crippen LogP contribution in [0, 0.1) is 0 Å². The summed E-state index contributed by atoms with van der Waals surface area (Å²) in [5.74, 6) is -1.01. The number of carboxylic acid groups (broad SMARTS) is 1. The first-order valence-electron chi connectivity index (χ1n) is 5.34. The van der Waals surface area contributed by atoms with Crippen molar-refractivity contribution in [1.29, 1.82) is 0 Å². The summed E-state index contributed by atoms with van der Waals surface area (Å²) in [7, 11) is 1.95. The zero-order chi connectivity index (χ0) is 13.1. The minimum Gasteiger partial charge on any atom is -0.478 e. The predicted octanol–water partition coefficient (Wildman–Crippen LogP) is 3.74. The Morgan fingerprint density at radius 3 is 2.78 bits per heavy atom. The van der Waals surface area contributed by atoms with Gasteiger partial charge in [0.1, 0.15) is 0 Å². The quantitative estimate of drug-likeness (QED) is 0.928. The third-order valence-corrected chi connectivity index (χ3v) is 3.77. The lowest BCUT2D eigenvalue weighted by molar-refractivity contribution is 0.0697. The van der Waals surface area contributed by atoms with Crippen molar-refractivity contribution in [3.8, 4) is 0 Å². The fourth-order valence-corrected chi connectivity index (χ4v) is 2.66. The first-order chi connectivity index (χ1) is 8.58. The largest absolute Gasteiger partial charge is 0.478 e. The van der Waals surface area contributed by atoms with Crippen molar-refractivity contribution < 1.29 is 9.90 Å². The minimum absolute atomic E-state index is 0.130. The molecule has 18 heavy (non-hydrogen) atoms. The van der Waals surface area contributed by atoms with Crippen LogP contribution in [0.15, 0.2) is 35.7 Å². The topological polar surface area (TPSA) is 40.5 Å². The summed E-state index contributed by atoms with van der Waals surface area (Å²) >= 11 is 7.63. The van der Waals surface area contributed by atoms with Gasteiger partial charge in [-0.2, -0.15) is 0 Å². The molecule has 0 amide bonds. The standard InChI is InChI=1S/C13H12ClNO2S/c1-15(8-10-3-2-6-18-10)9-4-5-11(13(16)17)12(14)7-9/h2-7H,8H2,1H3,(H,16,17). The average molecular weight is 282 g/mol. The van der Waals surface area contributed by atoms with Gasteiger partial charge >= 0.3 is 5.97 Å². The second kappa shape index (κ2) is 5.42. The van der Waals surface area contributed by atoms with Crippen LogP contribution in [0.3, 0.4) is 0 Å². The van der Waals surface area contributed by atoms with Crippen molar-refractivity contribution in [2.75, 3.05) is 11.9 Å². The van der Waals surface area contributed by atoms with Gasteiger partial charge in [-0.25, -0.2) is 4.79 Å². The van der Waals surface area contributed by atoms with E-state index in [0.717, 1.165) is 12.2 Å². The molecule has 0 aliphatic carbocycles. The molecule has 0 radical (unpaired) electrons. The van der Waals surface area contributed by atoms with Gasteiger partial charge in [0.15, 0.2) is 0 Å². The molecule has 0 saturated carbocycles. The van der Waals surface area contributed by atoms with Gasteiger partial charge < -0.3 is 10.0 Å². The number of anilines is 1. The summed E-state index contributed by atoms with van der Waals surface area (Å²) in [6.07, 6.45) is 0. The van der Waals surface area contributed by atoms with Crippen molar-refractivity contribution in [1.82, 2.24) is 0 Å². The van der Waals surface area contributed by atoms with E-state index in [2.05, 4.69) is 6.07 Å². The Morgan fingerprint density at radius 2 is 2.22 bits per heavy atom. The van der Waals surface area contributed by atoms with Gasteiger partial charge in [-0.05, 0) is 29.6 Å². The van der Waals surface area contributed by atoms with E-state index in [0.29, 0.717) is 0 Å². The first-order valence-corrected chi connectivity index (χ1v) is 6.60. The van der Waals surface area contributed by atoms with E-state index in [1.807, 2.05) is 23.4 Å². The molecule has 0 saturated heterocycles. The molecule has 0 fully saturated rings. The van der Waals surface area contributed by atoms with E-state index in [-0.39, 0.29) is 10.6 Å².